The first-order chi connectivity index (χ1) is 13.0. The molecular formula is C21H18N2O4. The number of nitrogens with zero attached hydrogens (tertiary/aromatic N) is 2. The van der Waals surface area contributed by atoms with Crippen molar-refractivity contribution in [2.45, 2.75) is 6.92 Å². The Hall–Kier alpha value is -3.54. The molecule has 3 rings (SSSR count). The van der Waals surface area contributed by atoms with Gasteiger partial charge < -0.3 is 9.47 Å². The quantitative estimate of drug-likeness (QED) is 0.659. The highest BCUT2D eigenvalue weighted by Gasteiger charge is 2.14. The lowest BCUT2D eigenvalue weighted by atomic mass is 10.0. The van der Waals surface area contributed by atoms with Crippen LogP contribution in [0, 0.1) is 6.92 Å². The van der Waals surface area contributed by atoms with Crippen molar-refractivity contribution in [1.82, 2.24) is 9.97 Å². The first kappa shape index (κ1) is 18.3. The molecule has 0 saturated heterocycles. The fourth-order valence-electron chi connectivity index (χ4n) is 2.65. The van der Waals surface area contributed by atoms with Gasteiger partial charge in [-0.1, -0.05) is 24.3 Å². The minimum absolute atomic E-state index is 0.393. The summed E-state index contributed by atoms with van der Waals surface area (Å²) in [5.41, 5.74) is 4.72. The fraction of sp³-hybridized carbons (Fsp3) is 0.143. The van der Waals surface area contributed by atoms with Gasteiger partial charge in [-0.25, -0.2) is 14.6 Å². The van der Waals surface area contributed by atoms with E-state index in [-0.39, 0.29) is 0 Å². The zero-order valence-electron chi connectivity index (χ0n) is 15.2. The van der Waals surface area contributed by atoms with Gasteiger partial charge in [-0.05, 0) is 31.2 Å². The van der Waals surface area contributed by atoms with Crippen molar-refractivity contribution in [2.75, 3.05) is 14.2 Å². The number of aromatic nitrogens is 2. The fourth-order valence-corrected chi connectivity index (χ4v) is 2.65. The highest BCUT2D eigenvalue weighted by atomic mass is 16.5. The topological polar surface area (TPSA) is 78.4 Å². The maximum atomic E-state index is 11.6. The van der Waals surface area contributed by atoms with E-state index in [0.29, 0.717) is 22.5 Å². The Balaban J connectivity index is 2.03. The molecule has 1 aromatic heterocycles. The molecule has 1 heterocycles. The molecule has 0 amide bonds. The van der Waals surface area contributed by atoms with Gasteiger partial charge in [0.05, 0.1) is 42.4 Å². The first-order valence-corrected chi connectivity index (χ1v) is 8.24. The van der Waals surface area contributed by atoms with E-state index in [0.717, 1.165) is 16.8 Å². The zero-order valence-corrected chi connectivity index (χ0v) is 15.2. The number of hydrogen-bond acceptors (Lipinski definition) is 6. The van der Waals surface area contributed by atoms with Crippen LogP contribution < -0.4 is 0 Å². The van der Waals surface area contributed by atoms with Crippen LogP contribution in [-0.4, -0.2) is 36.1 Å². The minimum Gasteiger partial charge on any atom is -0.465 e. The largest absolute Gasteiger partial charge is 0.465 e. The van der Waals surface area contributed by atoms with Crippen LogP contribution >= 0.6 is 0 Å². The second-order valence-corrected chi connectivity index (χ2v) is 5.85. The molecule has 136 valence electrons. The summed E-state index contributed by atoms with van der Waals surface area (Å²) < 4.78 is 9.45. The van der Waals surface area contributed by atoms with Crippen molar-refractivity contribution in [2.24, 2.45) is 0 Å². The molecule has 6 nitrogen and oxygen atoms in total. The lowest BCUT2D eigenvalue weighted by Gasteiger charge is -2.10. The SMILES string of the molecule is COC(=O)c1ccc(-c2ncc(C)nc2-c2ccc(C(=O)OC)cc2)cc1. The standard InChI is InChI=1S/C21H18N2O4/c1-13-12-22-18(14-4-8-16(9-5-14)20(24)26-2)19(23-13)15-6-10-17(11-7-15)21(25)27-3/h4-12H,1-3H3. The van der Waals surface area contributed by atoms with Crippen LogP contribution in [0.25, 0.3) is 22.5 Å². The number of esters is 2. The van der Waals surface area contributed by atoms with Crippen LogP contribution in [0.2, 0.25) is 0 Å². The molecular weight excluding hydrogens is 344 g/mol. The summed E-state index contributed by atoms with van der Waals surface area (Å²) in [5.74, 6) is -0.786. The molecule has 0 N–H and O–H groups in total. The van der Waals surface area contributed by atoms with Crippen molar-refractivity contribution in [3.63, 3.8) is 0 Å². The Bertz CT molecular complexity index is 980. The lowest BCUT2D eigenvalue weighted by molar-refractivity contribution is 0.0592. The molecule has 3 aromatic rings. The molecule has 0 unspecified atom stereocenters. The number of ether oxygens (including phenoxy) is 2. The summed E-state index contributed by atoms with van der Waals surface area (Å²) in [4.78, 5) is 32.4. The number of benzene rings is 2. The summed E-state index contributed by atoms with van der Waals surface area (Å²) in [5, 5.41) is 0. The van der Waals surface area contributed by atoms with Crippen molar-refractivity contribution < 1.29 is 19.1 Å². The van der Waals surface area contributed by atoms with Gasteiger partial charge in [0.1, 0.15) is 0 Å². The van der Waals surface area contributed by atoms with Crippen molar-refractivity contribution in [3.05, 3.63) is 71.5 Å². The van der Waals surface area contributed by atoms with Crippen LogP contribution in [0.4, 0.5) is 0 Å². The molecule has 0 spiro atoms. The molecule has 0 radical (unpaired) electrons. The van der Waals surface area contributed by atoms with Crippen LogP contribution in [0.1, 0.15) is 26.4 Å². The van der Waals surface area contributed by atoms with Gasteiger partial charge in [-0.15, -0.1) is 0 Å². The normalized spacial score (nSPS) is 10.3. The van der Waals surface area contributed by atoms with E-state index in [4.69, 9.17) is 9.47 Å². The van der Waals surface area contributed by atoms with Gasteiger partial charge in [0.15, 0.2) is 0 Å². The third-order valence-corrected chi connectivity index (χ3v) is 4.05. The molecule has 6 heteroatoms. The molecule has 27 heavy (non-hydrogen) atoms. The molecule has 0 aliphatic carbocycles. The summed E-state index contributed by atoms with van der Waals surface area (Å²) in [6.07, 6.45) is 1.69. The summed E-state index contributed by atoms with van der Waals surface area (Å²) >= 11 is 0. The van der Waals surface area contributed by atoms with Gasteiger partial charge in [-0.2, -0.15) is 0 Å². The second-order valence-electron chi connectivity index (χ2n) is 5.85. The monoisotopic (exact) mass is 362 g/mol. The van der Waals surface area contributed by atoms with Gasteiger partial charge in [0.25, 0.3) is 0 Å². The Labute approximate surface area is 156 Å². The van der Waals surface area contributed by atoms with Crippen LogP contribution in [0.3, 0.4) is 0 Å². The van der Waals surface area contributed by atoms with Crippen molar-refractivity contribution >= 4 is 11.9 Å². The lowest BCUT2D eigenvalue weighted by Crippen LogP contribution is -2.02. The number of hydrogen-bond donors (Lipinski definition) is 0. The number of rotatable bonds is 4. The van der Waals surface area contributed by atoms with Crippen molar-refractivity contribution in [1.29, 1.82) is 0 Å². The van der Waals surface area contributed by atoms with E-state index < -0.39 is 11.9 Å². The van der Waals surface area contributed by atoms with E-state index >= 15 is 0 Å². The Morgan fingerprint density at radius 1 is 0.741 bits per heavy atom. The van der Waals surface area contributed by atoms with E-state index in [1.807, 2.05) is 19.1 Å². The molecule has 0 atom stereocenters. The highest BCUT2D eigenvalue weighted by molar-refractivity contribution is 5.91. The number of carbonyl (C=O) groups excluding carboxylic acids is 2. The highest BCUT2D eigenvalue weighted by Crippen LogP contribution is 2.29. The molecule has 0 aliphatic heterocycles. The zero-order chi connectivity index (χ0) is 19.4. The molecule has 0 fully saturated rings. The summed E-state index contributed by atoms with van der Waals surface area (Å²) in [7, 11) is 2.69. The number of methoxy groups -OCH3 is 2. The minimum atomic E-state index is -0.393. The van der Waals surface area contributed by atoms with Gasteiger partial charge in [-0.3, -0.25) is 4.98 Å². The maximum Gasteiger partial charge on any atom is 0.337 e. The van der Waals surface area contributed by atoms with Crippen LogP contribution in [0.15, 0.2) is 54.7 Å². The molecule has 0 aliphatic rings. The van der Waals surface area contributed by atoms with Gasteiger partial charge >= 0.3 is 11.9 Å². The maximum absolute atomic E-state index is 11.6. The predicted molar refractivity (Wildman–Crippen MR) is 100 cm³/mol. The number of carbonyl (C=O) groups is 2. The third kappa shape index (κ3) is 3.84. The van der Waals surface area contributed by atoms with Crippen LogP contribution in [-0.2, 0) is 9.47 Å². The average Bonchev–Trinajstić information content (AvgIpc) is 2.72. The van der Waals surface area contributed by atoms with Crippen molar-refractivity contribution in [3.8, 4) is 22.5 Å². The summed E-state index contributed by atoms with van der Waals surface area (Å²) in [6.45, 7) is 1.86. The third-order valence-electron chi connectivity index (χ3n) is 4.05. The molecule has 2 aromatic carbocycles. The van der Waals surface area contributed by atoms with E-state index in [1.54, 1.807) is 42.6 Å². The first-order valence-electron chi connectivity index (χ1n) is 8.24. The average molecular weight is 362 g/mol. The number of aryl methyl sites for hydroxylation is 1. The van der Waals surface area contributed by atoms with E-state index in [9.17, 15) is 9.59 Å². The molecule has 0 bridgehead atoms. The van der Waals surface area contributed by atoms with E-state index in [1.165, 1.54) is 14.2 Å². The van der Waals surface area contributed by atoms with Gasteiger partial charge in [0.2, 0.25) is 0 Å². The Kier molecular flexibility index (Phi) is 5.26. The van der Waals surface area contributed by atoms with Gasteiger partial charge in [0, 0.05) is 17.3 Å². The van der Waals surface area contributed by atoms with Crippen LogP contribution in [0.5, 0.6) is 0 Å². The van der Waals surface area contributed by atoms with E-state index in [2.05, 4.69) is 9.97 Å². The Morgan fingerprint density at radius 2 is 1.19 bits per heavy atom. The second kappa shape index (κ2) is 7.78. The predicted octanol–water partition coefficient (Wildman–Crippen LogP) is 3.69. The smallest absolute Gasteiger partial charge is 0.337 e. The molecule has 0 saturated carbocycles. The summed E-state index contributed by atoms with van der Waals surface area (Å²) in [6, 6.07) is 14.0. The Morgan fingerprint density at radius 3 is 1.63 bits per heavy atom.